The molecule has 1 aliphatic heterocycles. The first-order valence-electron chi connectivity index (χ1n) is 10.5. The number of sulfone groups is 1. The quantitative estimate of drug-likeness (QED) is 0.577. The highest BCUT2D eigenvalue weighted by Crippen LogP contribution is 2.40. The highest BCUT2D eigenvalue weighted by molar-refractivity contribution is 7.99. The third kappa shape index (κ3) is 5.06. The Morgan fingerprint density at radius 1 is 1.23 bits per heavy atom. The molecule has 9 heteroatoms. The number of carbonyl (C=O) groups is 1. The highest BCUT2D eigenvalue weighted by atomic mass is 32.2. The van der Waals surface area contributed by atoms with Crippen LogP contribution in [0.1, 0.15) is 44.9 Å². The molecule has 0 spiro atoms. The number of hydrogen-bond donors (Lipinski definition) is 0. The summed E-state index contributed by atoms with van der Waals surface area (Å²) in [5.74, 6) is 2.08. The molecule has 30 heavy (non-hydrogen) atoms. The van der Waals surface area contributed by atoms with E-state index in [9.17, 15) is 13.2 Å². The molecule has 1 saturated carbocycles. The summed E-state index contributed by atoms with van der Waals surface area (Å²) in [6.07, 6.45) is 2.76. The Bertz CT molecular complexity index is 1000. The summed E-state index contributed by atoms with van der Waals surface area (Å²) in [7, 11) is -3.04. The molecular weight excluding hydrogens is 420 g/mol. The Hall–Kier alpha value is -1.87. The van der Waals surface area contributed by atoms with Gasteiger partial charge in [0, 0.05) is 18.5 Å². The van der Waals surface area contributed by atoms with E-state index in [0.717, 1.165) is 24.4 Å². The van der Waals surface area contributed by atoms with E-state index in [0.29, 0.717) is 24.0 Å². The van der Waals surface area contributed by atoms with Crippen LogP contribution in [0.2, 0.25) is 0 Å². The van der Waals surface area contributed by atoms with Crippen LogP contribution in [-0.4, -0.2) is 63.8 Å². The molecular formula is C21H28N4O3S2. The second-order valence-electron chi connectivity index (χ2n) is 8.56. The first-order chi connectivity index (χ1) is 14.3. The van der Waals surface area contributed by atoms with Crippen LogP contribution >= 0.6 is 11.8 Å². The van der Waals surface area contributed by atoms with E-state index in [4.69, 9.17) is 4.98 Å². The van der Waals surface area contributed by atoms with Crippen LogP contribution in [0.25, 0.3) is 5.69 Å². The smallest absolute Gasteiger partial charge is 0.233 e. The van der Waals surface area contributed by atoms with Crippen LogP contribution in [0.5, 0.6) is 0 Å². The molecule has 0 bridgehead atoms. The van der Waals surface area contributed by atoms with Crippen molar-refractivity contribution in [1.29, 1.82) is 0 Å². The number of thioether (sulfide) groups is 1. The van der Waals surface area contributed by atoms with E-state index in [1.807, 2.05) is 48.9 Å². The topological polar surface area (TPSA) is 85.2 Å². The number of para-hydroxylation sites is 1. The van der Waals surface area contributed by atoms with E-state index in [2.05, 4.69) is 5.10 Å². The lowest BCUT2D eigenvalue weighted by molar-refractivity contribution is -0.130. The van der Waals surface area contributed by atoms with Gasteiger partial charge in [0.25, 0.3) is 0 Å². The van der Waals surface area contributed by atoms with Crippen molar-refractivity contribution in [3.8, 4) is 5.69 Å². The second-order valence-corrected chi connectivity index (χ2v) is 11.7. The lowest BCUT2D eigenvalue weighted by atomic mass is 10.1. The van der Waals surface area contributed by atoms with Gasteiger partial charge in [0.15, 0.2) is 9.84 Å². The number of amides is 1. The zero-order valence-electron chi connectivity index (χ0n) is 17.4. The number of hydrogen-bond acceptors (Lipinski definition) is 6. The van der Waals surface area contributed by atoms with Crippen molar-refractivity contribution in [2.24, 2.45) is 5.92 Å². The standard InChI is InChI=1S/C21H28N4O3S2/c1-15(2)12-24(18-10-11-30(27,28)14-18)19(26)13-29-21-22-20(16-8-9-16)25(23-21)17-6-4-3-5-7-17/h3-7,15-16,18H,8-14H2,1-2H3/t18-/m1/s1. The normalized spacial score (nSPS) is 20.6. The number of aromatic nitrogens is 3. The van der Waals surface area contributed by atoms with Gasteiger partial charge in [-0.2, -0.15) is 0 Å². The zero-order valence-corrected chi connectivity index (χ0v) is 19.0. The summed E-state index contributed by atoms with van der Waals surface area (Å²) in [5, 5.41) is 5.25. The molecule has 1 amide bonds. The molecule has 2 aliphatic rings. The molecule has 2 aromatic rings. The lowest BCUT2D eigenvalue weighted by Crippen LogP contribution is -2.44. The minimum Gasteiger partial charge on any atom is -0.338 e. The fourth-order valence-electron chi connectivity index (χ4n) is 3.81. The van der Waals surface area contributed by atoms with E-state index in [1.54, 1.807) is 4.90 Å². The monoisotopic (exact) mass is 448 g/mol. The number of nitrogens with zero attached hydrogens (tertiary/aromatic N) is 4. The molecule has 0 unspecified atom stereocenters. The van der Waals surface area contributed by atoms with E-state index in [-0.39, 0.29) is 35.1 Å². The van der Waals surface area contributed by atoms with E-state index < -0.39 is 9.84 Å². The zero-order chi connectivity index (χ0) is 21.3. The van der Waals surface area contributed by atoms with Crippen LogP contribution in [0.3, 0.4) is 0 Å². The SMILES string of the molecule is CC(C)CN(C(=O)CSc1nc(C2CC2)n(-c2ccccc2)n1)[C@@H]1CCS(=O)(=O)C1. The molecule has 1 atom stereocenters. The highest BCUT2D eigenvalue weighted by Gasteiger charge is 2.35. The average molecular weight is 449 g/mol. The van der Waals surface area contributed by atoms with E-state index in [1.165, 1.54) is 11.8 Å². The predicted octanol–water partition coefficient (Wildman–Crippen LogP) is 2.91. The van der Waals surface area contributed by atoms with E-state index >= 15 is 0 Å². The first-order valence-corrected chi connectivity index (χ1v) is 13.3. The molecule has 162 valence electrons. The molecule has 0 N–H and O–H groups in total. The maximum Gasteiger partial charge on any atom is 0.233 e. The van der Waals surface area contributed by atoms with Crippen LogP contribution < -0.4 is 0 Å². The molecule has 7 nitrogen and oxygen atoms in total. The van der Waals surface area contributed by atoms with Gasteiger partial charge in [0.1, 0.15) is 5.82 Å². The van der Waals surface area contributed by atoms with Crippen molar-refractivity contribution >= 4 is 27.5 Å². The third-order valence-corrected chi connectivity index (χ3v) is 7.98. The van der Waals surface area contributed by atoms with Crippen LogP contribution in [0.4, 0.5) is 0 Å². The maximum absolute atomic E-state index is 13.0. The van der Waals surface area contributed by atoms with Crippen molar-refractivity contribution in [3.05, 3.63) is 36.2 Å². The Kier molecular flexibility index (Phi) is 6.20. The van der Waals surface area contributed by atoms with Gasteiger partial charge in [0.05, 0.1) is 22.9 Å². The number of rotatable bonds is 8. The summed E-state index contributed by atoms with van der Waals surface area (Å²) in [5.41, 5.74) is 0.975. The van der Waals surface area contributed by atoms with Crippen molar-refractivity contribution in [3.63, 3.8) is 0 Å². The largest absolute Gasteiger partial charge is 0.338 e. The lowest BCUT2D eigenvalue weighted by Gasteiger charge is -2.29. The Balaban J connectivity index is 1.47. The summed E-state index contributed by atoms with van der Waals surface area (Å²) >= 11 is 1.33. The predicted molar refractivity (Wildman–Crippen MR) is 118 cm³/mol. The molecule has 1 aromatic heterocycles. The number of benzene rings is 1. The molecule has 1 saturated heterocycles. The number of carbonyl (C=O) groups excluding carboxylic acids is 1. The fourth-order valence-corrected chi connectivity index (χ4v) is 6.26. The Morgan fingerprint density at radius 3 is 2.57 bits per heavy atom. The van der Waals surface area contributed by atoms with Gasteiger partial charge >= 0.3 is 0 Å². The van der Waals surface area contributed by atoms with Crippen molar-refractivity contribution in [1.82, 2.24) is 19.7 Å². The second kappa shape index (κ2) is 8.70. The average Bonchev–Trinajstić information content (AvgIpc) is 3.37. The third-order valence-electron chi connectivity index (χ3n) is 5.41. The molecule has 1 aromatic carbocycles. The van der Waals surface area contributed by atoms with Crippen molar-refractivity contribution < 1.29 is 13.2 Å². The summed E-state index contributed by atoms with van der Waals surface area (Å²) in [6, 6.07) is 9.71. The summed E-state index contributed by atoms with van der Waals surface area (Å²) < 4.78 is 25.7. The Morgan fingerprint density at radius 2 is 1.97 bits per heavy atom. The summed E-state index contributed by atoms with van der Waals surface area (Å²) in [4.78, 5) is 19.5. The van der Waals surface area contributed by atoms with Gasteiger partial charge in [-0.1, -0.05) is 43.8 Å². The van der Waals surface area contributed by atoms with Crippen LogP contribution in [-0.2, 0) is 14.6 Å². The minimum absolute atomic E-state index is 0.0418. The minimum atomic E-state index is -3.04. The maximum atomic E-state index is 13.0. The van der Waals surface area contributed by atoms with Gasteiger partial charge in [-0.15, -0.1) is 5.10 Å². The van der Waals surface area contributed by atoms with Crippen molar-refractivity contribution in [2.75, 3.05) is 23.8 Å². The van der Waals surface area contributed by atoms with Gasteiger partial charge in [-0.25, -0.2) is 18.1 Å². The van der Waals surface area contributed by atoms with Gasteiger partial charge < -0.3 is 4.90 Å². The van der Waals surface area contributed by atoms with Crippen LogP contribution in [0.15, 0.2) is 35.5 Å². The first kappa shape index (κ1) is 21.4. The molecule has 2 heterocycles. The molecule has 1 aliphatic carbocycles. The summed E-state index contributed by atoms with van der Waals surface area (Å²) in [6.45, 7) is 4.66. The molecule has 4 rings (SSSR count). The van der Waals surface area contributed by atoms with Crippen LogP contribution in [0, 0.1) is 5.92 Å². The molecule has 2 fully saturated rings. The van der Waals surface area contributed by atoms with Gasteiger partial charge in [-0.05, 0) is 37.3 Å². The van der Waals surface area contributed by atoms with Gasteiger partial charge in [0.2, 0.25) is 11.1 Å². The van der Waals surface area contributed by atoms with Crippen molar-refractivity contribution in [2.45, 2.75) is 50.2 Å². The Labute approximate surface area is 182 Å². The fraction of sp³-hybridized carbons (Fsp3) is 0.571. The van der Waals surface area contributed by atoms with Gasteiger partial charge in [-0.3, -0.25) is 4.79 Å². The molecule has 0 radical (unpaired) electrons.